The molecule has 94 valence electrons. The monoisotopic (exact) mass is 263 g/mol. The summed E-state index contributed by atoms with van der Waals surface area (Å²) in [6.07, 6.45) is 9.16. The van der Waals surface area contributed by atoms with Gasteiger partial charge in [-0.15, -0.1) is 0 Å². The number of nitrogens with zero attached hydrogens (tertiary/aromatic N) is 4. The first-order valence-corrected chi connectivity index (χ1v) is 6.41. The summed E-state index contributed by atoms with van der Waals surface area (Å²) < 4.78 is 1.71. The molecule has 0 spiro atoms. The molecular formula is C12H14ClN5. The summed E-state index contributed by atoms with van der Waals surface area (Å²) >= 11 is 6.12. The van der Waals surface area contributed by atoms with E-state index >= 15 is 0 Å². The van der Waals surface area contributed by atoms with Gasteiger partial charge >= 0.3 is 0 Å². The zero-order valence-electron chi connectivity index (χ0n) is 10.1. The summed E-state index contributed by atoms with van der Waals surface area (Å²) in [5, 5.41) is 8.17. The van der Waals surface area contributed by atoms with Gasteiger partial charge in [0.05, 0.1) is 0 Å². The van der Waals surface area contributed by atoms with Crippen LogP contribution in [0.25, 0.3) is 5.78 Å². The summed E-state index contributed by atoms with van der Waals surface area (Å²) in [4.78, 5) is 8.27. The van der Waals surface area contributed by atoms with Crippen molar-refractivity contribution in [2.45, 2.75) is 32.2 Å². The first-order chi connectivity index (χ1) is 8.75. The number of anilines is 1. The number of hydrogen-bond acceptors (Lipinski definition) is 4. The van der Waals surface area contributed by atoms with Crippen molar-refractivity contribution >= 4 is 23.2 Å². The Morgan fingerprint density at radius 1 is 1.44 bits per heavy atom. The second kappa shape index (κ2) is 4.57. The van der Waals surface area contributed by atoms with Crippen molar-refractivity contribution < 1.29 is 0 Å². The molecule has 1 aliphatic rings. The predicted molar refractivity (Wildman–Crippen MR) is 70.9 cm³/mol. The van der Waals surface area contributed by atoms with Crippen LogP contribution in [0.4, 0.5) is 5.82 Å². The smallest absolute Gasteiger partial charge is 0.255 e. The van der Waals surface area contributed by atoms with Gasteiger partial charge < -0.3 is 5.32 Å². The van der Waals surface area contributed by atoms with E-state index in [0.717, 1.165) is 30.6 Å². The van der Waals surface area contributed by atoms with Gasteiger partial charge in [-0.3, -0.25) is 0 Å². The molecule has 0 fully saturated rings. The topological polar surface area (TPSA) is 55.1 Å². The molecule has 0 amide bonds. The lowest BCUT2D eigenvalue weighted by molar-refractivity contribution is 0.637. The van der Waals surface area contributed by atoms with E-state index < -0.39 is 0 Å². The minimum absolute atomic E-state index is 0.416. The average molecular weight is 264 g/mol. The molecule has 6 heteroatoms. The molecule has 18 heavy (non-hydrogen) atoms. The second-order valence-electron chi connectivity index (χ2n) is 4.47. The summed E-state index contributed by atoms with van der Waals surface area (Å²) in [7, 11) is 0. The average Bonchev–Trinajstić information content (AvgIpc) is 2.84. The highest BCUT2D eigenvalue weighted by Gasteiger charge is 2.16. The molecular weight excluding hydrogens is 250 g/mol. The van der Waals surface area contributed by atoms with Gasteiger partial charge in [0.25, 0.3) is 5.78 Å². The van der Waals surface area contributed by atoms with Crippen LogP contribution in [-0.2, 0) is 0 Å². The van der Waals surface area contributed by atoms with E-state index in [1.807, 2.05) is 6.92 Å². The first kappa shape index (κ1) is 11.5. The van der Waals surface area contributed by atoms with Crippen molar-refractivity contribution in [2.75, 3.05) is 5.32 Å². The Labute approximate surface area is 110 Å². The number of allylic oxidation sites excluding steroid dienone is 1. The van der Waals surface area contributed by atoms with Gasteiger partial charge in [-0.25, -0.2) is 0 Å². The van der Waals surface area contributed by atoms with E-state index in [1.165, 1.54) is 6.33 Å². The van der Waals surface area contributed by atoms with Gasteiger partial charge in [0.2, 0.25) is 0 Å². The number of halogens is 1. The molecule has 2 heterocycles. The Balaban J connectivity index is 2.01. The van der Waals surface area contributed by atoms with Crippen molar-refractivity contribution in [2.24, 2.45) is 0 Å². The maximum Gasteiger partial charge on any atom is 0.255 e. The Hall–Kier alpha value is -1.62. The van der Waals surface area contributed by atoms with Crippen molar-refractivity contribution in [1.82, 2.24) is 19.6 Å². The second-order valence-corrected chi connectivity index (χ2v) is 4.83. The Morgan fingerprint density at radius 3 is 3.11 bits per heavy atom. The van der Waals surface area contributed by atoms with Crippen LogP contribution in [0.15, 0.2) is 18.5 Å². The molecule has 1 unspecified atom stereocenters. The number of aromatic nitrogens is 4. The Kier molecular flexibility index (Phi) is 2.91. The lowest BCUT2D eigenvalue weighted by Crippen LogP contribution is -2.23. The maximum atomic E-state index is 6.12. The molecule has 0 radical (unpaired) electrons. The van der Waals surface area contributed by atoms with Crippen LogP contribution in [0, 0.1) is 6.92 Å². The molecule has 0 bridgehead atoms. The van der Waals surface area contributed by atoms with E-state index in [0.29, 0.717) is 17.0 Å². The van der Waals surface area contributed by atoms with Crippen molar-refractivity contribution in [3.8, 4) is 0 Å². The third-order valence-electron chi connectivity index (χ3n) is 3.21. The summed E-state index contributed by atoms with van der Waals surface area (Å²) in [6, 6.07) is 0.416. The molecule has 1 atom stereocenters. The van der Waals surface area contributed by atoms with Crippen LogP contribution in [-0.4, -0.2) is 25.6 Å². The normalized spacial score (nSPS) is 19.3. The highest BCUT2D eigenvalue weighted by Crippen LogP contribution is 2.24. The van der Waals surface area contributed by atoms with Crippen molar-refractivity contribution in [1.29, 1.82) is 0 Å². The standard InChI is InChI=1S/C12H14ClN5/c1-8-10(13)17-12-14-7-15-18(12)11(8)16-9-5-3-2-4-6-9/h2-3,7,9,16H,4-6H2,1H3. The molecule has 0 aliphatic heterocycles. The molecule has 0 aromatic carbocycles. The van der Waals surface area contributed by atoms with E-state index in [4.69, 9.17) is 11.6 Å². The Morgan fingerprint density at radius 2 is 2.33 bits per heavy atom. The van der Waals surface area contributed by atoms with Crippen molar-refractivity contribution in [3.05, 3.63) is 29.2 Å². The van der Waals surface area contributed by atoms with Gasteiger partial charge in [-0.1, -0.05) is 23.8 Å². The predicted octanol–water partition coefficient (Wildman–Crippen LogP) is 2.61. The van der Waals surface area contributed by atoms with Crippen LogP contribution in [0.5, 0.6) is 0 Å². The molecule has 1 aliphatic carbocycles. The molecule has 0 saturated carbocycles. The fraction of sp³-hybridized carbons (Fsp3) is 0.417. The van der Waals surface area contributed by atoms with Crippen LogP contribution < -0.4 is 5.32 Å². The summed E-state index contributed by atoms with van der Waals surface area (Å²) in [5.41, 5.74) is 0.907. The van der Waals surface area contributed by atoms with Crippen molar-refractivity contribution in [3.63, 3.8) is 0 Å². The quantitative estimate of drug-likeness (QED) is 0.668. The summed E-state index contributed by atoms with van der Waals surface area (Å²) in [5.74, 6) is 1.42. The largest absolute Gasteiger partial charge is 0.367 e. The van der Waals surface area contributed by atoms with Crippen LogP contribution >= 0.6 is 11.6 Å². The fourth-order valence-electron chi connectivity index (χ4n) is 2.19. The summed E-state index contributed by atoms with van der Waals surface area (Å²) in [6.45, 7) is 1.94. The van der Waals surface area contributed by atoms with Gasteiger partial charge in [-0.2, -0.15) is 19.6 Å². The van der Waals surface area contributed by atoms with Crippen LogP contribution in [0.1, 0.15) is 24.8 Å². The molecule has 1 N–H and O–H groups in total. The Bertz CT molecular complexity index is 604. The molecule has 5 nitrogen and oxygen atoms in total. The maximum absolute atomic E-state index is 6.12. The zero-order valence-corrected chi connectivity index (χ0v) is 10.9. The number of fused-ring (bicyclic) bond motifs is 1. The minimum Gasteiger partial charge on any atom is -0.367 e. The highest BCUT2D eigenvalue weighted by atomic mass is 35.5. The van der Waals surface area contributed by atoms with Crippen LogP contribution in [0.3, 0.4) is 0 Å². The minimum atomic E-state index is 0.416. The van der Waals surface area contributed by atoms with E-state index in [2.05, 4.69) is 32.5 Å². The zero-order chi connectivity index (χ0) is 12.5. The lowest BCUT2D eigenvalue weighted by Gasteiger charge is -2.22. The van der Waals surface area contributed by atoms with E-state index in [-0.39, 0.29) is 0 Å². The fourth-order valence-corrected chi connectivity index (χ4v) is 2.35. The molecule has 3 rings (SSSR count). The number of hydrogen-bond donors (Lipinski definition) is 1. The number of rotatable bonds is 2. The first-order valence-electron chi connectivity index (χ1n) is 6.03. The van der Waals surface area contributed by atoms with E-state index in [9.17, 15) is 0 Å². The third-order valence-corrected chi connectivity index (χ3v) is 3.58. The molecule has 2 aromatic heterocycles. The molecule has 2 aromatic rings. The van der Waals surface area contributed by atoms with Gasteiger partial charge in [0, 0.05) is 11.6 Å². The number of nitrogens with one attached hydrogen (secondary N) is 1. The van der Waals surface area contributed by atoms with Crippen LogP contribution in [0.2, 0.25) is 5.15 Å². The SMILES string of the molecule is Cc1c(Cl)nc2ncnn2c1NC1CC=CCC1. The van der Waals surface area contributed by atoms with E-state index in [1.54, 1.807) is 4.52 Å². The van der Waals surface area contributed by atoms with Gasteiger partial charge in [0.1, 0.15) is 17.3 Å². The highest BCUT2D eigenvalue weighted by molar-refractivity contribution is 6.30. The van der Waals surface area contributed by atoms with Gasteiger partial charge in [0.15, 0.2) is 0 Å². The third kappa shape index (κ3) is 1.95. The lowest BCUT2D eigenvalue weighted by atomic mass is 10.0. The van der Waals surface area contributed by atoms with Gasteiger partial charge in [-0.05, 0) is 26.2 Å². The molecule has 0 saturated heterocycles.